The summed E-state index contributed by atoms with van der Waals surface area (Å²) in [6.07, 6.45) is -3.10. The van der Waals surface area contributed by atoms with Crippen molar-refractivity contribution < 1.29 is 17.6 Å². The van der Waals surface area contributed by atoms with Gasteiger partial charge in [-0.2, -0.15) is 22.7 Å². The Morgan fingerprint density at radius 2 is 1.91 bits per heavy atom. The number of aromatic amines is 2. The van der Waals surface area contributed by atoms with Gasteiger partial charge in [0.15, 0.2) is 5.69 Å². The van der Waals surface area contributed by atoms with Crippen LogP contribution in [0.1, 0.15) is 41.3 Å². The summed E-state index contributed by atoms with van der Waals surface area (Å²) in [4.78, 5) is 21.0. The number of fused-ring (bicyclic) bond motifs is 4. The van der Waals surface area contributed by atoms with Crippen LogP contribution in [0, 0.1) is 18.8 Å². The molecule has 0 bridgehead atoms. The third-order valence-electron chi connectivity index (χ3n) is 8.28. The molecule has 4 aromatic heterocycles. The SMILES string of the molecule is Cc1[nH]nc2cc(-c3nc(C4C5CC5c5cc(-c6cc(Cl)ccc6-n6cc(C(F)(F)F)nn6)cc(=O)n54)[nH]c3F)ccc12. The predicted octanol–water partition coefficient (Wildman–Crippen LogP) is 6.19. The third kappa shape index (κ3) is 4.02. The summed E-state index contributed by atoms with van der Waals surface area (Å²) < 4.78 is 57.5. The molecule has 0 spiro atoms. The van der Waals surface area contributed by atoms with E-state index in [1.54, 1.807) is 22.8 Å². The molecule has 3 unspecified atom stereocenters. The number of alkyl halides is 3. The summed E-state index contributed by atoms with van der Waals surface area (Å²) in [5, 5.41) is 15.3. The van der Waals surface area contributed by atoms with E-state index in [1.807, 2.05) is 19.1 Å². The topological polar surface area (TPSA) is 110 Å². The van der Waals surface area contributed by atoms with Crippen molar-refractivity contribution in [1.29, 1.82) is 0 Å². The second kappa shape index (κ2) is 8.86. The molecular formula is C29H19ClF4N8O. The van der Waals surface area contributed by atoms with Gasteiger partial charge in [0.05, 0.1) is 23.4 Å². The summed E-state index contributed by atoms with van der Waals surface area (Å²) in [5.74, 6) is -0.172. The standard InChI is InChI=1S/C29H19ClF4N8O/c1-12-16-4-2-13(6-20(16)38-37-12)25-27(31)36-28(35-25)26-19-10-18(19)22-7-14(8-24(43)42(22)26)17-9-15(30)3-5-21(17)41-11-23(39-40-41)29(32,33)34/h2-9,11,18-19,26H,10H2,1H3,(H,35,36)(H,37,38). The van der Waals surface area contributed by atoms with Crippen molar-refractivity contribution in [3.05, 3.63) is 99.0 Å². The fraction of sp³-hybridized carbons (Fsp3) is 0.207. The maximum atomic E-state index is 15.2. The van der Waals surface area contributed by atoms with Crippen molar-refractivity contribution in [2.24, 2.45) is 5.92 Å². The van der Waals surface area contributed by atoms with Crippen molar-refractivity contribution in [1.82, 2.24) is 39.7 Å². The molecule has 216 valence electrons. The quantitative estimate of drug-likeness (QED) is 0.233. The lowest BCUT2D eigenvalue weighted by Gasteiger charge is -2.17. The van der Waals surface area contributed by atoms with Crippen LogP contribution in [0.4, 0.5) is 17.6 Å². The lowest BCUT2D eigenvalue weighted by Crippen LogP contribution is -2.26. The number of rotatable bonds is 4. The molecule has 1 aliphatic heterocycles. The van der Waals surface area contributed by atoms with Gasteiger partial charge in [0, 0.05) is 44.9 Å². The molecule has 0 radical (unpaired) electrons. The molecule has 43 heavy (non-hydrogen) atoms. The van der Waals surface area contributed by atoms with E-state index in [9.17, 15) is 18.0 Å². The molecule has 1 aliphatic carbocycles. The number of nitrogens with zero attached hydrogens (tertiary/aromatic N) is 6. The van der Waals surface area contributed by atoms with Crippen LogP contribution >= 0.6 is 11.6 Å². The molecule has 9 nitrogen and oxygen atoms in total. The van der Waals surface area contributed by atoms with Crippen LogP contribution in [-0.2, 0) is 6.18 Å². The van der Waals surface area contributed by atoms with E-state index in [0.717, 1.165) is 34.1 Å². The summed E-state index contributed by atoms with van der Waals surface area (Å²) in [5.41, 5.74) is 2.71. The molecule has 3 atom stereocenters. The van der Waals surface area contributed by atoms with Crippen LogP contribution in [0.3, 0.4) is 0 Å². The molecule has 2 aliphatic rings. The Morgan fingerprint density at radius 1 is 1.07 bits per heavy atom. The van der Waals surface area contributed by atoms with E-state index < -0.39 is 23.9 Å². The summed E-state index contributed by atoms with van der Waals surface area (Å²) in [6, 6.07) is 12.7. The molecule has 14 heteroatoms. The highest BCUT2D eigenvalue weighted by Gasteiger charge is 2.54. The van der Waals surface area contributed by atoms with Gasteiger partial charge in [0.1, 0.15) is 11.5 Å². The van der Waals surface area contributed by atoms with Crippen LogP contribution in [0.15, 0.2) is 59.5 Å². The largest absolute Gasteiger partial charge is 0.436 e. The van der Waals surface area contributed by atoms with E-state index in [2.05, 4.69) is 30.5 Å². The lowest BCUT2D eigenvalue weighted by atomic mass is 10.0. The number of H-pyrrole nitrogens is 2. The number of halogens is 5. The minimum absolute atomic E-state index is 0.0429. The van der Waals surface area contributed by atoms with Crippen LogP contribution in [0.5, 0.6) is 0 Å². The smallest absolute Gasteiger partial charge is 0.317 e. The van der Waals surface area contributed by atoms with E-state index in [4.69, 9.17) is 11.6 Å². The normalized spacial score (nSPS) is 19.2. The van der Waals surface area contributed by atoms with Gasteiger partial charge in [-0.25, -0.2) is 9.67 Å². The number of aromatic nitrogens is 8. The number of benzene rings is 2. The second-order valence-corrected chi connectivity index (χ2v) is 11.3. The number of aryl methyl sites for hydroxylation is 1. The fourth-order valence-corrected chi connectivity index (χ4v) is 6.38. The third-order valence-corrected chi connectivity index (χ3v) is 8.51. The lowest BCUT2D eigenvalue weighted by molar-refractivity contribution is -0.141. The Bertz CT molecular complexity index is 2160. The highest BCUT2D eigenvalue weighted by molar-refractivity contribution is 6.31. The molecule has 1 fully saturated rings. The minimum atomic E-state index is -4.66. The first kappa shape index (κ1) is 25.9. The molecular weight excluding hydrogens is 588 g/mol. The zero-order valence-electron chi connectivity index (χ0n) is 22.1. The minimum Gasteiger partial charge on any atom is -0.317 e. The number of hydrogen-bond donors (Lipinski definition) is 2. The van der Waals surface area contributed by atoms with E-state index in [0.29, 0.717) is 33.1 Å². The maximum absolute atomic E-state index is 15.2. The average molecular weight is 607 g/mol. The molecule has 0 saturated heterocycles. The Hall–Kier alpha value is -4.78. The summed E-state index contributed by atoms with van der Waals surface area (Å²) in [7, 11) is 0. The first-order valence-electron chi connectivity index (χ1n) is 13.3. The van der Waals surface area contributed by atoms with E-state index in [1.165, 1.54) is 18.2 Å². The Labute approximate surface area is 244 Å². The molecule has 0 amide bonds. The van der Waals surface area contributed by atoms with Crippen LogP contribution in [0.25, 0.3) is 39.0 Å². The van der Waals surface area contributed by atoms with Crippen molar-refractivity contribution in [2.45, 2.75) is 31.5 Å². The first-order chi connectivity index (χ1) is 20.6. The van der Waals surface area contributed by atoms with Gasteiger partial charge in [0.2, 0.25) is 5.95 Å². The Morgan fingerprint density at radius 3 is 2.70 bits per heavy atom. The highest BCUT2D eigenvalue weighted by atomic mass is 35.5. The summed E-state index contributed by atoms with van der Waals surface area (Å²) in [6.45, 7) is 1.90. The number of nitrogens with one attached hydrogen (secondary N) is 2. The number of pyridine rings is 1. The van der Waals surface area contributed by atoms with Gasteiger partial charge < -0.3 is 9.55 Å². The van der Waals surface area contributed by atoms with Crippen molar-refractivity contribution in [3.8, 4) is 28.1 Å². The summed E-state index contributed by atoms with van der Waals surface area (Å²) >= 11 is 6.27. The number of imidazole rings is 1. The number of hydrogen-bond acceptors (Lipinski definition) is 5. The zero-order chi connectivity index (χ0) is 29.8. The second-order valence-electron chi connectivity index (χ2n) is 10.9. The first-order valence-corrected chi connectivity index (χ1v) is 13.7. The van der Waals surface area contributed by atoms with Crippen molar-refractivity contribution in [3.63, 3.8) is 0 Å². The van der Waals surface area contributed by atoms with E-state index in [-0.39, 0.29) is 28.8 Å². The van der Waals surface area contributed by atoms with Crippen molar-refractivity contribution in [2.75, 3.05) is 0 Å². The van der Waals surface area contributed by atoms with Crippen LogP contribution < -0.4 is 5.56 Å². The van der Waals surface area contributed by atoms with Crippen LogP contribution in [0.2, 0.25) is 5.02 Å². The molecule has 2 aromatic carbocycles. The van der Waals surface area contributed by atoms with Gasteiger partial charge >= 0.3 is 6.18 Å². The Kier molecular flexibility index (Phi) is 5.34. The van der Waals surface area contributed by atoms with Crippen LogP contribution in [-0.4, -0.2) is 39.7 Å². The van der Waals surface area contributed by atoms with Crippen molar-refractivity contribution >= 4 is 22.5 Å². The highest BCUT2D eigenvalue weighted by Crippen LogP contribution is 2.60. The molecule has 6 aromatic rings. The molecule has 1 saturated carbocycles. The van der Waals surface area contributed by atoms with Gasteiger partial charge in [-0.15, -0.1) is 5.10 Å². The van der Waals surface area contributed by atoms with E-state index >= 15 is 4.39 Å². The zero-order valence-corrected chi connectivity index (χ0v) is 22.9. The Balaban J connectivity index is 1.19. The van der Waals surface area contributed by atoms with Gasteiger partial charge in [-0.1, -0.05) is 28.9 Å². The monoisotopic (exact) mass is 606 g/mol. The average Bonchev–Trinajstić information content (AvgIpc) is 3.31. The van der Waals surface area contributed by atoms with Gasteiger partial charge in [0.25, 0.3) is 5.56 Å². The van der Waals surface area contributed by atoms with Gasteiger partial charge in [-0.3, -0.25) is 9.89 Å². The maximum Gasteiger partial charge on any atom is 0.436 e. The molecule has 2 N–H and O–H groups in total. The fourth-order valence-electron chi connectivity index (χ4n) is 6.20. The molecule has 5 heterocycles. The predicted molar refractivity (Wildman–Crippen MR) is 148 cm³/mol. The molecule has 8 rings (SSSR count). The van der Waals surface area contributed by atoms with Gasteiger partial charge in [-0.05, 0) is 55.2 Å².